The molecule has 0 unspecified atom stereocenters. The molecule has 6 heterocycles. The Morgan fingerprint density at radius 2 is 1.37 bits per heavy atom. The number of aromatic nitrogens is 4. The van der Waals surface area contributed by atoms with Crippen LogP contribution in [0, 0.1) is 16.1 Å². The van der Waals surface area contributed by atoms with E-state index in [0.29, 0.717) is 6.08 Å². The van der Waals surface area contributed by atoms with Crippen molar-refractivity contribution in [1.82, 2.24) is 15.0 Å². The summed E-state index contributed by atoms with van der Waals surface area (Å²) in [4.78, 5) is 49.2. The topological polar surface area (TPSA) is 226 Å². The number of rotatable bonds is 15. The van der Waals surface area contributed by atoms with E-state index in [0.717, 1.165) is 38.7 Å². The maximum absolute atomic E-state index is 12.6. The van der Waals surface area contributed by atoms with Crippen LogP contribution in [0.2, 0.25) is 0 Å². The van der Waals surface area contributed by atoms with E-state index < -0.39 is 35.5 Å². The number of benzene rings is 1. The third-order valence-electron chi connectivity index (χ3n) is 9.61. The van der Waals surface area contributed by atoms with Crippen molar-refractivity contribution in [3.63, 3.8) is 0 Å². The van der Waals surface area contributed by atoms with Crippen molar-refractivity contribution in [2.24, 2.45) is 0 Å². The monoisotopic (exact) mass is 1030 g/mol. The standard InChI is InChI=1S/C25H23F3N3S2.C20H12N4O6S.Ru/c1-2-3-4-5-6-18-9-16-11-23-17(13-22(16)32-18)12-21(33-23)15-7-8-31-20(10-15)19(29)14-24(30)25(26,27)28;21-9-31-10-24-16(14-5-11(18(25)26)1-3-22-14)7-13(20(29)30)8-17(24)15-6-12(19(27)28)2-4-23-15;/h7-14,29-30H,2-6H2,1H3;1-8H,10H2,(H2-,25,26,27,28,29,30);/q-1;;+1/p+1/b19-14-,30-24?;;. The summed E-state index contributed by atoms with van der Waals surface area (Å²) in [5, 5.41) is 48.6. The number of aromatic carboxylic acids is 3. The average Bonchev–Trinajstić information content (AvgIpc) is 3.88. The first-order valence-corrected chi connectivity index (χ1v) is 21.9. The summed E-state index contributed by atoms with van der Waals surface area (Å²) in [7, 11) is 0. The van der Waals surface area contributed by atoms with Crippen molar-refractivity contribution in [3.05, 3.63) is 130 Å². The van der Waals surface area contributed by atoms with Gasteiger partial charge >= 0.3 is 43.6 Å². The summed E-state index contributed by atoms with van der Waals surface area (Å²) < 4.78 is 41.8. The number of alkyl halides is 3. The Bertz CT molecular complexity index is 2870. The molecule has 0 spiro atoms. The normalized spacial score (nSPS) is 11.3. The Kier molecular flexibility index (Phi) is 16.8. The fourth-order valence-electron chi connectivity index (χ4n) is 6.46. The summed E-state index contributed by atoms with van der Waals surface area (Å²) in [6.45, 7) is 2.22. The van der Waals surface area contributed by atoms with E-state index in [1.165, 1.54) is 100 Å². The van der Waals surface area contributed by atoms with Crippen LogP contribution in [-0.4, -0.2) is 60.1 Å². The van der Waals surface area contributed by atoms with Crippen LogP contribution in [0.25, 0.3) is 64.8 Å². The Balaban J connectivity index is 0.000000241. The van der Waals surface area contributed by atoms with Crippen LogP contribution < -0.4 is 4.57 Å². The van der Waals surface area contributed by atoms with Crippen molar-refractivity contribution in [2.75, 3.05) is 0 Å². The maximum atomic E-state index is 12.6. The number of carboxylic acid groups (broad SMARTS) is 3. The van der Waals surface area contributed by atoms with Gasteiger partial charge in [0, 0.05) is 67.3 Å². The minimum Gasteiger partial charge on any atom is -0.697 e. The minimum absolute atomic E-state index is 0. The number of carbonyl (C=O) groups is 3. The first-order valence-electron chi connectivity index (χ1n) is 19.3. The molecule has 0 saturated carbocycles. The molecular formula is C45H36F3N7O6RuS3+. The zero-order valence-corrected chi connectivity index (χ0v) is 38.2. The number of aryl methyl sites for hydroxylation is 1. The van der Waals surface area contributed by atoms with Crippen molar-refractivity contribution in [1.29, 1.82) is 10.7 Å². The SMILES string of the molecule is CCCCCCc1cc2cc3sc(-c4ccnc(/C([NH-])=C/C(=N)C(F)(F)F)c4)cc3cc2s1.N#CSC[n+]1c(-c2cc(C(=O)O)ccn2)cc(C(=O)O)cc1-c1cc(C(=O)O)ccn1.[Ru+]. The summed E-state index contributed by atoms with van der Waals surface area (Å²) in [6, 6.07) is 19.9. The summed E-state index contributed by atoms with van der Waals surface area (Å²) in [5.74, 6) is -3.61. The van der Waals surface area contributed by atoms with Crippen LogP contribution in [0.5, 0.6) is 0 Å². The Hall–Kier alpha value is -6.39. The number of carboxylic acids is 3. The van der Waals surface area contributed by atoms with E-state index in [9.17, 15) is 42.9 Å². The molecule has 0 fully saturated rings. The molecule has 0 amide bonds. The quantitative estimate of drug-likeness (QED) is 0.0248. The zero-order chi connectivity index (χ0) is 46.1. The van der Waals surface area contributed by atoms with E-state index in [1.54, 1.807) is 23.5 Å². The van der Waals surface area contributed by atoms with E-state index in [2.05, 4.69) is 46.1 Å². The second-order valence-corrected chi connectivity index (χ2v) is 17.0. The van der Waals surface area contributed by atoms with Gasteiger partial charge in [-0.15, -0.1) is 28.4 Å². The molecule has 1 aromatic carbocycles. The fraction of sp³-hybridized carbons (Fsp3) is 0.178. The number of thiophene rings is 2. The number of thiocyanates is 1. The molecule has 20 heteroatoms. The van der Waals surface area contributed by atoms with Gasteiger partial charge in [0.1, 0.15) is 22.5 Å². The number of hydrogen-bond donors (Lipinski definition) is 4. The number of hydrogen-bond acceptors (Lipinski definition) is 11. The molecule has 333 valence electrons. The summed E-state index contributed by atoms with van der Waals surface area (Å²) in [6.07, 6.45) is 5.87. The number of halogens is 3. The average molecular weight is 1030 g/mol. The molecular weight excluding hydrogens is 989 g/mol. The number of fused-ring (bicyclic) bond motifs is 2. The second kappa shape index (κ2) is 22.0. The van der Waals surface area contributed by atoms with Gasteiger partial charge in [-0.05, 0) is 95.9 Å². The number of allylic oxidation sites excluding steroid dienone is 1. The van der Waals surface area contributed by atoms with Gasteiger partial charge in [-0.1, -0.05) is 26.2 Å². The van der Waals surface area contributed by atoms with E-state index in [-0.39, 0.29) is 70.5 Å². The molecule has 5 N–H and O–H groups in total. The predicted octanol–water partition coefficient (Wildman–Crippen LogP) is 11.6. The molecule has 0 aliphatic carbocycles. The maximum Gasteiger partial charge on any atom is 1.00 e. The molecule has 0 aliphatic heterocycles. The van der Waals surface area contributed by atoms with Gasteiger partial charge in [0.25, 0.3) is 0 Å². The minimum atomic E-state index is -4.78. The van der Waals surface area contributed by atoms with Gasteiger partial charge in [-0.3, -0.25) is 10.4 Å². The fourth-order valence-corrected chi connectivity index (χ4v) is 9.15. The smallest absolute Gasteiger partial charge is 0.697 e. The molecule has 0 bridgehead atoms. The van der Waals surface area contributed by atoms with Gasteiger partial charge in [0.15, 0.2) is 0 Å². The number of unbranched alkanes of at least 4 members (excludes halogenated alkanes) is 3. The van der Waals surface area contributed by atoms with Gasteiger partial charge < -0.3 is 21.1 Å². The number of nitrogens with one attached hydrogen (secondary N) is 2. The van der Waals surface area contributed by atoms with E-state index in [4.69, 9.17) is 16.4 Å². The molecule has 6 aromatic heterocycles. The first kappa shape index (κ1) is 49.6. The third kappa shape index (κ3) is 12.5. The van der Waals surface area contributed by atoms with Crippen molar-refractivity contribution < 1.29 is 66.9 Å². The van der Waals surface area contributed by atoms with Crippen molar-refractivity contribution in [2.45, 2.75) is 51.1 Å². The van der Waals surface area contributed by atoms with Gasteiger partial charge in [0.05, 0.1) is 16.7 Å². The van der Waals surface area contributed by atoms with Gasteiger partial charge in [-0.2, -0.15) is 23.0 Å². The molecule has 7 aromatic rings. The molecule has 0 aliphatic rings. The van der Waals surface area contributed by atoms with E-state index >= 15 is 0 Å². The third-order valence-corrected chi connectivity index (χ3v) is 12.4. The largest absolute Gasteiger partial charge is 1.00 e. The Labute approximate surface area is 394 Å². The predicted molar refractivity (Wildman–Crippen MR) is 242 cm³/mol. The van der Waals surface area contributed by atoms with Crippen LogP contribution in [0.1, 0.15) is 74.3 Å². The number of pyridine rings is 4. The van der Waals surface area contributed by atoms with Crippen molar-refractivity contribution >= 4 is 83.9 Å². The zero-order valence-electron chi connectivity index (χ0n) is 34.0. The molecule has 7 rings (SSSR count). The van der Waals surface area contributed by atoms with Gasteiger partial charge in [-0.25, -0.2) is 24.4 Å². The molecule has 13 nitrogen and oxygen atoms in total. The van der Waals surface area contributed by atoms with Crippen LogP contribution in [0.3, 0.4) is 0 Å². The Morgan fingerprint density at radius 1 is 0.800 bits per heavy atom. The number of thioether (sulfide) groups is 1. The first-order chi connectivity index (χ1) is 30.6. The van der Waals surface area contributed by atoms with Crippen LogP contribution in [-0.2, 0) is 31.8 Å². The van der Waals surface area contributed by atoms with Gasteiger partial charge in [0.2, 0.25) is 17.3 Å². The van der Waals surface area contributed by atoms with Crippen LogP contribution in [0.15, 0.2) is 97.5 Å². The number of nitrogens with zero attached hydrogens (tertiary/aromatic N) is 5. The summed E-state index contributed by atoms with van der Waals surface area (Å²) in [5.41, 5.74) is 7.33. The van der Waals surface area contributed by atoms with Crippen molar-refractivity contribution in [3.8, 4) is 38.6 Å². The van der Waals surface area contributed by atoms with Crippen LogP contribution >= 0.6 is 34.4 Å². The second-order valence-electron chi connectivity index (χ2n) is 14.0. The molecule has 0 saturated heterocycles. The summed E-state index contributed by atoms with van der Waals surface area (Å²) >= 11 is 4.30. The molecule has 0 atom stereocenters. The number of nitriles is 1. The van der Waals surface area contributed by atoms with E-state index in [1.807, 2.05) is 16.7 Å². The molecule has 1 radical (unpaired) electrons. The Morgan fingerprint density at radius 3 is 1.92 bits per heavy atom. The molecule has 65 heavy (non-hydrogen) atoms. The van der Waals surface area contributed by atoms with Crippen LogP contribution in [0.4, 0.5) is 13.2 Å².